The summed E-state index contributed by atoms with van der Waals surface area (Å²) in [5, 5.41) is 8.74. The highest BCUT2D eigenvalue weighted by atomic mass is 35.5. The average Bonchev–Trinajstić information content (AvgIpc) is 2.41. The third-order valence-electron chi connectivity index (χ3n) is 2.29. The van der Waals surface area contributed by atoms with E-state index in [-0.39, 0.29) is 5.54 Å². The first-order valence-electron chi connectivity index (χ1n) is 3.71. The monoisotopic (exact) mass is 192 g/mol. The molecular weight excluding hydrogens is 180 g/mol. The van der Waals surface area contributed by atoms with Gasteiger partial charge in [0, 0.05) is 0 Å². The lowest BCUT2D eigenvalue weighted by atomic mass is 10.4. The minimum absolute atomic E-state index is 0.258. The zero-order valence-electron chi connectivity index (χ0n) is 7.02. The maximum atomic E-state index is 10.6. The molecular formula is C7H13ClO2Si. The molecule has 11 heavy (non-hydrogen) atoms. The summed E-state index contributed by atoms with van der Waals surface area (Å²) in [4.78, 5) is 9.73. The number of carboxylic acids is 1. The maximum Gasteiger partial charge on any atom is 0.324 e. The highest BCUT2D eigenvalue weighted by Crippen LogP contribution is 2.60. The minimum atomic E-state index is -1.33. The molecule has 2 atom stereocenters. The average molecular weight is 193 g/mol. The van der Waals surface area contributed by atoms with Crippen molar-refractivity contribution in [1.82, 2.24) is 0 Å². The Morgan fingerprint density at radius 2 is 2.09 bits per heavy atom. The summed E-state index contributed by atoms with van der Waals surface area (Å²) >= 11 is 5.87. The van der Waals surface area contributed by atoms with Crippen LogP contribution >= 0.6 is 11.6 Å². The van der Waals surface area contributed by atoms with Gasteiger partial charge in [0.05, 0.1) is 8.07 Å². The van der Waals surface area contributed by atoms with Crippen LogP contribution in [0.25, 0.3) is 0 Å². The molecule has 0 aliphatic heterocycles. The summed E-state index contributed by atoms with van der Waals surface area (Å²) in [5.74, 6) is -0.841. The molecule has 0 amide bonds. The predicted octanol–water partition coefficient (Wildman–Crippen LogP) is 2.16. The fourth-order valence-electron chi connectivity index (χ4n) is 1.47. The number of alkyl halides is 1. The quantitative estimate of drug-likeness (QED) is 0.538. The van der Waals surface area contributed by atoms with Crippen molar-refractivity contribution in [3.8, 4) is 0 Å². The number of carboxylic acid groups (broad SMARTS) is 1. The number of rotatable bonds is 2. The molecule has 0 unspecified atom stereocenters. The summed E-state index contributed by atoms with van der Waals surface area (Å²) < 4.78 is 0. The molecule has 1 aliphatic carbocycles. The second-order valence-corrected chi connectivity index (χ2v) is 10.4. The van der Waals surface area contributed by atoms with Crippen LogP contribution < -0.4 is 0 Å². The SMILES string of the molecule is C[Si](C)(C)[C@@H]1C[C@]1(Cl)C(=O)O. The lowest BCUT2D eigenvalue weighted by Gasteiger charge is -2.16. The molecule has 0 aromatic rings. The summed E-state index contributed by atoms with van der Waals surface area (Å²) in [6, 6.07) is 0. The van der Waals surface area contributed by atoms with Gasteiger partial charge in [0.2, 0.25) is 0 Å². The molecule has 0 heterocycles. The van der Waals surface area contributed by atoms with Gasteiger partial charge in [-0.1, -0.05) is 19.6 Å². The Hall–Kier alpha value is -0.0231. The summed E-state index contributed by atoms with van der Waals surface area (Å²) in [6.45, 7) is 6.47. The lowest BCUT2D eigenvalue weighted by Crippen LogP contribution is -2.28. The lowest BCUT2D eigenvalue weighted by molar-refractivity contribution is -0.137. The number of hydrogen-bond donors (Lipinski definition) is 1. The van der Waals surface area contributed by atoms with Gasteiger partial charge in [-0.05, 0) is 12.0 Å². The van der Waals surface area contributed by atoms with Gasteiger partial charge in [-0.25, -0.2) is 0 Å². The number of halogens is 1. The smallest absolute Gasteiger partial charge is 0.324 e. The molecule has 1 rings (SSSR count). The van der Waals surface area contributed by atoms with Crippen molar-refractivity contribution >= 4 is 25.6 Å². The molecule has 0 aromatic carbocycles. The third kappa shape index (κ3) is 1.44. The molecule has 4 heteroatoms. The van der Waals surface area contributed by atoms with Crippen molar-refractivity contribution in [2.24, 2.45) is 0 Å². The first-order chi connectivity index (χ1) is 4.78. The van der Waals surface area contributed by atoms with Gasteiger partial charge in [-0.15, -0.1) is 11.6 Å². The predicted molar refractivity (Wildman–Crippen MR) is 47.9 cm³/mol. The minimum Gasteiger partial charge on any atom is -0.480 e. The van der Waals surface area contributed by atoms with E-state index in [9.17, 15) is 4.79 Å². The van der Waals surface area contributed by atoms with Crippen molar-refractivity contribution in [1.29, 1.82) is 0 Å². The van der Waals surface area contributed by atoms with Gasteiger partial charge in [-0.2, -0.15) is 0 Å². The van der Waals surface area contributed by atoms with Gasteiger partial charge < -0.3 is 5.11 Å². The topological polar surface area (TPSA) is 37.3 Å². The van der Waals surface area contributed by atoms with Crippen LogP contribution in [0, 0.1) is 0 Å². The van der Waals surface area contributed by atoms with Gasteiger partial charge in [0.1, 0.15) is 4.87 Å². The van der Waals surface area contributed by atoms with E-state index >= 15 is 0 Å². The highest BCUT2D eigenvalue weighted by molar-refractivity contribution is 6.80. The van der Waals surface area contributed by atoms with Crippen molar-refractivity contribution in [3.63, 3.8) is 0 Å². The Bertz CT molecular complexity index is 199. The van der Waals surface area contributed by atoms with E-state index in [0.717, 1.165) is 0 Å². The fourth-order valence-corrected chi connectivity index (χ4v) is 5.16. The Kier molecular flexibility index (Phi) is 1.84. The van der Waals surface area contributed by atoms with Crippen LogP contribution in [0.1, 0.15) is 6.42 Å². The first-order valence-corrected chi connectivity index (χ1v) is 7.66. The van der Waals surface area contributed by atoms with E-state index in [1.165, 1.54) is 0 Å². The van der Waals surface area contributed by atoms with Crippen molar-refractivity contribution in [3.05, 3.63) is 0 Å². The zero-order chi connectivity index (χ0) is 8.86. The van der Waals surface area contributed by atoms with Gasteiger partial charge in [0.25, 0.3) is 0 Å². The molecule has 0 aromatic heterocycles. The first kappa shape index (κ1) is 9.07. The van der Waals surface area contributed by atoms with Gasteiger partial charge in [0.15, 0.2) is 0 Å². The van der Waals surface area contributed by atoms with Crippen LogP contribution in [-0.2, 0) is 4.79 Å². The van der Waals surface area contributed by atoms with Crippen LogP contribution in [0.2, 0.25) is 25.2 Å². The van der Waals surface area contributed by atoms with E-state index in [0.29, 0.717) is 6.42 Å². The van der Waals surface area contributed by atoms with E-state index in [2.05, 4.69) is 19.6 Å². The second-order valence-electron chi connectivity index (χ2n) is 4.29. The Labute approximate surface area is 72.6 Å². The van der Waals surface area contributed by atoms with Crippen LogP contribution in [0.3, 0.4) is 0 Å². The maximum absolute atomic E-state index is 10.6. The molecule has 1 N–H and O–H groups in total. The van der Waals surface area contributed by atoms with Crippen LogP contribution in [0.15, 0.2) is 0 Å². The van der Waals surface area contributed by atoms with E-state index in [1.807, 2.05) is 0 Å². The zero-order valence-corrected chi connectivity index (χ0v) is 8.77. The van der Waals surface area contributed by atoms with Crippen molar-refractivity contribution < 1.29 is 9.90 Å². The molecule has 0 bridgehead atoms. The van der Waals surface area contributed by atoms with E-state index in [4.69, 9.17) is 16.7 Å². The number of carbonyl (C=O) groups is 1. The largest absolute Gasteiger partial charge is 0.480 e. The van der Waals surface area contributed by atoms with E-state index < -0.39 is 18.9 Å². The van der Waals surface area contributed by atoms with Crippen LogP contribution in [0.5, 0.6) is 0 Å². The molecule has 1 fully saturated rings. The van der Waals surface area contributed by atoms with Crippen molar-refractivity contribution in [2.75, 3.05) is 0 Å². The molecule has 2 nitrogen and oxygen atoms in total. The summed E-state index contributed by atoms with van der Waals surface area (Å²) in [7, 11) is -1.33. The van der Waals surface area contributed by atoms with Crippen LogP contribution in [0.4, 0.5) is 0 Å². The molecule has 0 radical (unpaired) electrons. The third-order valence-corrected chi connectivity index (χ3v) is 5.84. The molecule has 1 saturated carbocycles. The van der Waals surface area contributed by atoms with E-state index in [1.54, 1.807) is 0 Å². The fraction of sp³-hybridized carbons (Fsp3) is 0.857. The molecule has 0 spiro atoms. The summed E-state index contributed by atoms with van der Waals surface area (Å²) in [5.41, 5.74) is 0.258. The van der Waals surface area contributed by atoms with Gasteiger partial charge >= 0.3 is 5.97 Å². The second kappa shape index (κ2) is 2.23. The highest BCUT2D eigenvalue weighted by Gasteiger charge is 2.64. The Morgan fingerprint density at radius 3 is 2.18 bits per heavy atom. The number of aliphatic carboxylic acids is 1. The molecule has 0 saturated heterocycles. The summed E-state index contributed by atoms with van der Waals surface area (Å²) in [6.07, 6.45) is 0.666. The Balaban J connectivity index is 2.68. The molecule has 64 valence electrons. The molecule has 1 aliphatic rings. The number of hydrogen-bond acceptors (Lipinski definition) is 1. The normalized spacial score (nSPS) is 36.9. The standard InChI is InChI=1S/C7H13ClO2Si/c1-11(2,3)5-4-7(5,8)6(9)10/h5H,4H2,1-3H3,(H,9,10)/t5-,7-/m1/s1. The Morgan fingerprint density at radius 1 is 1.64 bits per heavy atom. The van der Waals surface area contributed by atoms with Crippen molar-refractivity contribution in [2.45, 2.75) is 36.5 Å². The van der Waals surface area contributed by atoms with Gasteiger partial charge in [-0.3, -0.25) is 4.79 Å². The van der Waals surface area contributed by atoms with Crippen LogP contribution in [-0.4, -0.2) is 24.0 Å².